The van der Waals surface area contributed by atoms with Gasteiger partial charge in [0.15, 0.2) is 5.82 Å². The fourth-order valence-corrected chi connectivity index (χ4v) is 4.19. The van der Waals surface area contributed by atoms with Gasteiger partial charge in [0.2, 0.25) is 11.9 Å². The Morgan fingerprint density at radius 1 is 1.09 bits per heavy atom. The Bertz CT molecular complexity index is 945. The summed E-state index contributed by atoms with van der Waals surface area (Å²) in [5, 5.41) is 0. The molecule has 11 heteroatoms. The number of rotatable bonds is 4. The quantitative estimate of drug-likeness (QED) is 0.755. The largest absolute Gasteiger partial charge is 0.384 e. The third kappa shape index (κ3) is 4.31. The number of aromatic nitrogens is 4. The maximum absolute atomic E-state index is 13.8. The van der Waals surface area contributed by atoms with Gasteiger partial charge in [-0.25, -0.2) is 13.8 Å². The number of morpholine rings is 2. The molecule has 2 aliphatic heterocycles. The van der Waals surface area contributed by atoms with Crippen molar-refractivity contribution < 1.29 is 18.3 Å². The summed E-state index contributed by atoms with van der Waals surface area (Å²) in [6.07, 6.45) is -1.45. The molecule has 9 nitrogen and oxygen atoms in total. The smallest absolute Gasteiger partial charge is 0.264 e. The number of pyridine rings is 1. The van der Waals surface area contributed by atoms with Crippen LogP contribution in [0, 0.1) is 0 Å². The van der Waals surface area contributed by atoms with E-state index in [1.807, 2.05) is 32.6 Å². The Balaban J connectivity index is 1.89. The molecule has 0 saturated carbocycles. The van der Waals surface area contributed by atoms with Gasteiger partial charge >= 0.3 is 0 Å². The van der Waals surface area contributed by atoms with Gasteiger partial charge in [0.25, 0.3) is 6.43 Å². The first-order valence-electron chi connectivity index (χ1n) is 10.7. The fourth-order valence-electron chi connectivity index (χ4n) is 4.19. The average Bonchev–Trinajstić information content (AvgIpc) is 2.73. The number of hydrogen-bond acceptors (Lipinski definition) is 9. The summed E-state index contributed by atoms with van der Waals surface area (Å²) in [5.74, 6) is 0.998. The summed E-state index contributed by atoms with van der Waals surface area (Å²) >= 11 is 0. The van der Waals surface area contributed by atoms with Crippen molar-refractivity contribution in [3.8, 4) is 11.4 Å². The molecule has 0 aliphatic carbocycles. The van der Waals surface area contributed by atoms with Crippen molar-refractivity contribution in [1.29, 1.82) is 0 Å². The molecule has 2 fully saturated rings. The predicted octanol–water partition coefficient (Wildman–Crippen LogP) is 2.68. The lowest BCUT2D eigenvalue weighted by atomic mass is 10.0. The second-order valence-corrected chi connectivity index (χ2v) is 8.92. The molecular weight excluding hydrogens is 420 g/mol. The zero-order valence-electron chi connectivity index (χ0n) is 18.8. The number of nitrogens with two attached hydrogens (primary N) is 1. The van der Waals surface area contributed by atoms with Gasteiger partial charge in [0.05, 0.1) is 44.1 Å². The lowest BCUT2D eigenvalue weighted by Crippen LogP contribution is -2.54. The van der Waals surface area contributed by atoms with E-state index in [1.54, 1.807) is 0 Å². The van der Waals surface area contributed by atoms with E-state index >= 15 is 0 Å². The Labute approximate surface area is 186 Å². The summed E-state index contributed by atoms with van der Waals surface area (Å²) in [6.45, 7) is 10.8. The summed E-state index contributed by atoms with van der Waals surface area (Å²) in [4.78, 5) is 22.1. The zero-order valence-corrected chi connectivity index (χ0v) is 18.8. The van der Waals surface area contributed by atoms with E-state index in [0.717, 1.165) is 0 Å². The van der Waals surface area contributed by atoms with Gasteiger partial charge in [-0.3, -0.25) is 0 Å². The van der Waals surface area contributed by atoms with E-state index in [4.69, 9.17) is 20.2 Å². The number of halogens is 2. The number of nitrogen functional groups attached to an aromatic ring is 1. The molecule has 2 N–H and O–H groups in total. The summed E-state index contributed by atoms with van der Waals surface area (Å²) in [5.41, 5.74) is 5.17. The monoisotopic (exact) mass is 449 g/mol. The topological polar surface area (TPSA) is 103 Å². The van der Waals surface area contributed by atoms with Crippen LogP contribution in [0.3, 0.4) is 0 Å². The molecule has 0 radical (unpaired) electrons. The third-order valence-corrected chi connectivity index (χ3v) is 5.83. The molecule has 0 spiro atoms. The first-order valence-corrected chi connectivity index (χ1v) is 10.7. The SMILES string of the molecule is C[C@@H]1COC[C@H](C)N1c1nc(-c2cnc(N)cc2C(F)F)nc(N2CCOCC2(C)C)n1. The average molecular weight is 450 g/mol. The molecule has 0 bridgehead atoms. The zero-order chi connectivity index (χ0) is 23.0. The van der Waals surface area contributed by atoms with E-state index in [1.165, 1.54) is 12.3 Å². The Hall–Kier alpha value is -2.66. The summed E-state index contributed by atoms with van der Waals surface area (Å²) in [7, 11) is 0. The predicted molar refractivity (Wildman–Crippen MR) is 117 cm³/mol. The second kappa shape index (κ2) is 8.70. The van der Waals surface area contributed by atoms with Crippen LogP contribution >= 0.6 is 0 Å². The molecule has 32 heavy (non-hydrogen) atoms. The van der Waals surface area contributed by atoms with Gasteiger partial charge in [-0.1, -0.05) is 0 Å². The Morgan fingerprint density at radius 2 is 1.78 bits per heavy atom. The lowest BCUT2D eigenvalue weighted by Gasteiger charge is -2.43. The molecule has 0 unspecified atom stereocenters. The van der Waals surface area contributed by atoms with Gasteiger partial charge < -0.3 is 25.0 Å². The van der Waals surface area contributed by atoms with Crippen LogP contribution < -0.4 is 15.5 Å². The van der Waals surface area contributed by atoms with Crippen LogP contribution in [0.2, 0.25) is 0 Å². The molecule has 4 heterocycles. The maximum atomic E-state index is 13.8. The van der Waals surface area contributed by atoms with Crippen LogP contribution in [0.25, 0.3) is 11.4 Å². The lowest BCUT2D eigenvalue weighted by molar-refractivity contribution is 0.0632. The highest BCUT2D eigenvalue weighted by Crippen LogP contribution is 2.34. The molecule has 2 saturated heterocycles. The van der Waals surface area contributed by atoms with Crippen molar-refractivity contribution in [3.63, 3.8) is 0 Å². The number of hydrogen-bond donors (Lipinski definition) is 1. The summed E-state index contributed by atoms with van der Waals surface area (Å²) in [6, 6.07) is 1.19. The number of anilines is 3. The van der Waals surface area contributed by atoms with Crippen molar-refractivity contribution in [3.05, 3.63) is 17.8 Å². The maximum Gasteiger partial charge on any atom is 0.264 e. The molecule has 0 aromatic carbocycles. The Morgan fingerprint density at radius 3 is 2.44 bits per heavy atom. The van der Waals surface area contributed by atoms with Crippen LogP contribution in [0.4, 0.5) is 26.5 Å². The molecule has 0 amide bonds. The molecular formula is C21H29F2N7O2. The number of nitrogens with zero attached hydrogens (tertiary/aromatic N) is 6. The van der Waals surface area contributed by atoms with Crippen molar-refractivity contribution in [2.24, 2.45) is 0 Å². The summed E-state index contributed by atoms with van der Waals surface area (Å²) < 4.78 is 39.0. The second-order valence-electron chi connectivity index (χ2n) is 8.92. The minimum atomic E-state index is -2.75. The Kier molecular flexibility index (Phi) is 6.13. The minimum Gasteiger partial charge on any atom is -0.384 e. The molecule has 174 valence electrons. The number of ether oxygens (including phenoxy) is 2. The van der Waals surface area contributed by atoms with Gasteiger partial charge in [-0.05, 0) is 33.8 Å². The minimum absolute atomic E-state index is 0.0126. The highest BCUT2D eigenvalue weighted by atomic mass is 19.3. The third-order valence-electron chi connectivity index (χ3n) is 5.83. The van der Waals surface area contributed by atoms with E-state index < -0.39 is 6.43 Å². The molecule has 2 aliphatic rings. The van der Waals surface area contributed by atoms with Gasteiger partial charge in [0.1, 0.15) is 5.82 Å². The van der Waals surface area contributed by atoms with E-state index in [9.17, 15) is 8.78 Å². The standard InChI is InChI=1S/C21H29F2N7O2/c1-12-9-32-10-13(2)30(12)20-27-18(15-8-25-16(24)7-14(15)17(22)23)26-19(28-20)29-5-6-31-11-21(29,3)4/h7-8,12-13,17H,5-6,9-11H2,1-4H3,(H2,24,25)/t12-,13+. The normalized spacial score (nSPS) is 23.6. The van der Waals surface area contributed by atoms with E-state index in [2.05, 4.69) is 19.9 Å². The van der Waals surface area contributed by atoms with Gasteiger partial charge in [0, 0.05) is 23.9 Å². The van der Waals surface area contributed by atoms with Gasteiger partial charge in [-0.15, -0.1) is 0 Å². The van der Waals surface area contributed by atoms with Crippen molar-refractivity contribution in [2.75, 3.05) is 48.5 Å². The van der Waals surface area contributed by atoms with E-state index in [0.29, 0.717) is 44.9 Å². The highest BCUT2D eigenvalue weighted by Gasteiger charge is 2.35. The first kappa shape index (κ1) is 22.5. The van der Waals surface area contributed by atoms with Crippen LogP contribution in [0.5, 0.6) is 0 Å². The molecule has 4 rings (SSSR count). The number of alkyl halides is 2. The molecule has 2 aromatic rings. The fraction of sp³-hybridized carbons (Fsp3) is 0.619. The van der Waals surface area contributed by atoms with Crippen LogP contribution in [0.1, 0.15) is 39.7 Å². The van der Waals surface area contributed by atoms with Crippen LogP contribution in [-0.4, -0.2) is 70.5 Å². The first-order chi connectivity index (χ1) is 15.2. The van der Waals surface area contributed by atoms with E-state index in [-0.39, 0.29) is 40.4 Å². The molecule has 2 atom stereocenters. The van der Waals surface area contributed by atoms with Crippen LogP contribution in [-0.2, 0) is 9.47 Å². The van der Waals surface area contributed by atoms with Crippen LogP contribution in [0.15, 0.2) is 12.3 Å². The van der Waals surface area contributed by atoms with Gasteiger partial charge in [-0.2, -0.15) is 15.0 Å². The van der Waals surface area contributed by atoms with Crippen molar-refractivity contribution >= 4 is 17.7 Å². The highest BCUT2D eigenvalue weighted by molar-refractivity contribution is 5.64. The molecule has 2 aromatic heterocycles. The van der Waals surface area contributed by atoms with Crippen molar-refractivity contribution in [1.82, 2.24) is 19.9 Å². The van der Waals surface area contributed by atoms with Crippen molar-refractivity contribution in [2.45, 2.75) is 51.7 Å².